The zero-order valence-electron chi connectivity index (χ0n) is 11.1. The Hall–Kier alpha value is -0.560. The number of aliphatic hydroxyl groups excluding tert-OH is 1. The predicted molar refractivity (Wildman–Crippen MR) is 69.8 cm³/mol. The highest BCUT2D eigenvalue weighted by Crippen LogP contribution is 2.23. The van der Waals surface area contributed by atoms with Crippen LogP contribution >= 0.6 is 0 Å². The molecule has 17 heavy (non-hydrogen) atoms. The van der Waals surface area contributed by atoms with Crippen LogP contribution in [-0.4, -0.2) is 48.0 Å². The molecule has 0 aromatic rings. The van der Waals surface area contributed by atoms with Crippen LogP contribution < -0.4 is 0 Å². The summed E-state index contributed by atoms with van der Waals surface area (Å²) in [5.74, 6) is 2.69. The molecule has 0 aromatic heterocycles. The van der Waals surface area contributed by atoms with E-state index in [4.69, 9.17) is 11.2 Å². The molecule has 0 bridgehead atoms. The van der Waals surface area contributed by atoms with Gasteiger partial charge in [-0.2, -0.15) is 0 Å². The van der Waals surface area contributed by atoms with Gasteiger partial charge in [0.15, 0.2) is 0 Å². The number of rotatable bonds is 7. The molecule has 1 atom stereocenters. The fourth-order valence-corrected chi connectivity index (χ4v) is 2.36. The van der Waals surface area contributed by atoms with Crippen molar-refractivity contribution in [2.24, 2.45) is 0 Å². The van der Waals surface area contributed by atoms with Crippen molar-refractivity contribution in [3.8, 4) is 12.3 Å². The number of aliphatic hydroxyl groups is 1. The number of nitrogens with zero attached hydrogens (tertiary/aromatic N) is 1. The minimum atomic E-state index is -0.439. The first-order chi connectivity index (χ1) is 8.13. The van der Waals surface area contributed by atoms with Gasteiger partial charge in [-0.15, -0.1) is 6.42 Å². The van der Waals surface area contributed by atoms with Crippen LogP contribution in [0.15, 0.2) is 0 Å². The van der Waals surface area contributed by atoms with E-state index in [1.807, 2.05) is 13.8 Å². The highest BCUT2D eigenvalue weighted by atomic mass is 16.5. The largest absolute Gasteiger partial charge is 0.389 e. The standard InChI is InChI=1S/C14H25NO2/c1-4-9-15(13-7-5-6-8-13)10-14(16)11-17-12(2)3/h1,12-14,16H,5-11H2,2-3H3. The molecule has 0 heterocycles. The van der Waals surface area contributed by atoms with Crippen LogP contribution in [0.25, 0.3) is 0 Å². The van der Waals surface area contributed by atoms with E-state index < -0.39 is 6.10 Å². The van der Waals surface area contributed by atoms with Gasteiger partial charge in [-0.25, -0.2) is 0 Å². The molecule has 1 N–H and O–H groups in total. The molecule has 0 aliphatic heterocycles. The van der Waals surface area contributed by atoms with Crippen LogP contribution in [0, 0.1) is 12.3 Å². The highest BCUT2D eigenvalue weighted by Gasteiger charge is 2.23. The Labute approximate surface area is 105 Å². The number of hydrogen-bond donors (Lipinski definition) is 1. The molecule has 1 fully saturated rings. The topological polar surface area (TPSA) is 32.7 Å². The summed E-state index contributed by atoms with van der Waals surface area (Å²) >= 11 is 0. The normalized spacial score (nSPS) is 18.8. The van der Waals surface area contributed by atoms with Gasteiger partial charge in [0.1, 0.15) is 0 Å². The maximum atomic E-state index is 9.92. The molecule has 1 saturated carbocycles. The van der Waals surface area contributed by atoms with E-state index in [-0.39, 0.29) is 6.10 Å². The summed E-state index contributed by atoms with van der Waals surface area (Å²) in [6, 6.07) is 0.555. The van der Waals surface area contributed by atoms with Gasteiger partial charge in [0.2, 0.25) is 0 Å². The van der Waals surface area contributed by atoms with Crippen molar-refractivity contribution in [2.45, 2.75) is 57.8 Å². The van der Waals surface area contributed by atoms with Crippen LogP contribution in [0.2, 0.25) is 0 Å². The van der Waals surface area contributed by atoms with Crippen molar-refractivity contribution in [1.29, 1.82) is 0 Å². The smallest absolute Gasteiger partial charge is 0.0900 e. The second-order valence-electron chi connectivity index (χ2n) is 5.11. The molecule has 3 nitrogen and oxygen atoms in total. The molecule has 0 amide bonds. The van der Waals surface area contributed by atoms with Gasteiger partial charge in [0.25, 0.3) is 0 Å². The molecular weight excluding hydrogens is 214 g/mol. The van der Waals surface area contributed by atoms with E-state index in [2.05, 4.69) is 10.8 Å². The Morgan fingerprint density at radius 2 is 2.06 bits per heavy atom. The van der Waals surface area contributed by atoms with E-state index in [1.165, 1.54) is 25.7 Å². The molecule has 0 spiro atoms. The lowest BCUT2D eigenvalue weighted by Crippen LogP contribution is -2.41. The maximum absolute atomic E-state index is 9.92. The number of ether oxygens (including phenoxy) is 1. The Bertz CT molecular complexity index is 241. The molecule has 98 valence electrons. The fraction of sp³-hybridized carbons (Fsp3) is 0.857. The molecule has 1 aliphatic rings. The Morgan fingerprint density at radius 1 is 1.41 bits per heavy atom. The van der Waals surface area contributed by atoms with Crippen molar-refractivity contribution >= 4 is 0 Å². The van der Waals surface area contributed by atoms with Gasteiger partial charge in [0.05, 0.1) is 25.4 Å². The minimum absolute atomic E-state index is 0.164. The first kappa shape index (κ1) is 14.5. The Balaban J connectivity index is 2.34. The van der Waals surface area contributed by atoms with E-state index in [9.17, 15) is 5.11 Å². The van der Waals surface area contributed by atoms with E-state index in [0.29, 0.717) is 25.7 Å². The number of hydrogen-bond acceptors (Lipinski definition) is 3. The summed E-state index contributed by atoms with van der Waals surface area (Å²) in [7, 11) is 0. The van der Waals surface area contributed by atoms with E-state index in [1.54, 1.807) is 0 Å². The lowest BCUT2D eigenvalue weighted by Gasteiger charge is -2.29. The summed E-state index contributed by atoms with van der Waals surface area (Å²) in [6.07, 6.45) is 10.1. The third-order valence-corrected chi connectivity index (χ3v) is 3.20. The van der Waals surface area contributed by atoms with Gasteiger partial charge >= 0.3 is 0 Å². The van der Waals surface area contributed by atoms with Crippen LogP contribution in [-0.2, 0) is 4.74 Å². The first-order valence-electron chi connectivity index (χ1n) is 6.60. The monoisotopic (exact) mass is 239 g/mol. The van der Waals surface area contributed by atoms with Gasteiger partial charge in [-0.1, -0.05) is 18.8 Å². The van der Waals surface area contributed by atoms with Gasteiger partial charge in [-0.05, 0) is 26.7 Å². The highest BCUT2D eigenvalue weighted by molar-refractivity contribution is 4.92. The second-order valence-corrected chi connectivity index (χ2v) is 5.11. The minimum Gasteiger partial charge on any atom is -0.389 e. The van der Waals surface area contributed by atoms with Crippen molar-refractivity contribution < 1.29 is 9.84 Å². The average Bonchev–Trinajstić information content (AvgIpc) is 2.79. The molecule has 0 saturated heterocycles. The summed E-state index contributed by atoms with van der Waals surface area (Å²) in [4.78, 5) is 2.22. The molecule has 1 unspecified atom stereocenters. The first-order valence-corrected chi connectivity index (χ1v) is 6.60. The lowest BCUT2D eigenvalue weighted by atomic mass is 10.2. The molecule has 3 heteroatoms. The Morgan fingerprint density at radius 3 is 2.59 bits per heavy atom. The van der Waals surface area contributed by atoms with E-state index in [0.717, 1.165) is 0 Å². The summed E-state index contributed by atoms with van der Waals surface area (Å²) < 4.78 is 5.42. The van der Waals surface area contributed by atoms with Crippen LogP contribution in [0.1, 0.15) is 39.5 Å². The zero-order valence-corrected chi connectivity index (χ0v) is 11.1. The summed E-state index contributed by atoms with van der Waals surface area (Å²) in [5.41, 5.74) is 0. The van der Waals surface area contributed by atoms with Crippen molar-refractivity contribution in [1.82, 2.24) is 4.90 Å². The van der Waals surface area contributed by atoms with Gasteiger partial charge in [0, 0.05) is 12.6 Å². The lowest BCUT2D eigenvalue weighted by molar-refractivity contribution is -0.0118. The predicted octanol–water partition coefficient (Wildman–Crippen LogP) is 1.65. The van der Waals surface area contributed by atoms with Crippen molar-refractivity contribution in [3.05, 3.63) is 0 Å². The Kier molecular flexibility index (Phi) is 6.57. The van der Waals surface area contributed by atoms with Crippen LogP contribution in [0.3, 0.4) is 0 Å². The molecule has 0 aromatic carbocycles. The average molecular weight is 239 g/mol. The quantitative estimate of drug-likeness (QED) is 0.686. The number of terminal acetylenes is 1. The third-order valence-electron chi connectivity index (χ3n) is 3.20. The molecule has 0 radical (unpaired) electrons. The fourth-order valence-electron chi connectivity index (χ4n) is 2.36. The SMILES string of the molecule is C#CCN(CC(O)COC(C)C)C1CCCC1. The van der Waals surface area contributed by atoms with Crippen LogP contribution in [0.5, 0.6) is 0 Å². The van der Waals surface area contributed by atoms with Gasteiger partial charge in [-0.3, -0.25) is 4.90 Å². The van der Waals surface area contributed by atoms with E-state index >= 15 is 0 Å². The maximum Gasteiger partial charge on any atom is 0.0900 e. The van der Waals surface area contributed by atoms with Crippen molar-refractivity contribution in [2.75, 3.05) is 19.7 Å². The third kappa shape index (κ3) is 5.54. The molecule has 1 rings (SSSR count). The molecular formula is C14H25NO2. The van der Waals surface area contributed by atoms with Gasteiger partial charge < -0.3 is 9.84 Å². The summed E-state index contributed by atoms with van der Waals surface area (Å²) in [5, 5.41) is 9.92. The summed E-state index contributed by atoms with van der Waals surface area (Å²) in [6.45, 7) is 5.60. The zero-order chi connectivity index (χ0) is 12.7. The molecule has 1 aliphatic carbocycles. The van der Waals surface area contributed by atoms with Crippen molar-refractivity contribution in [3.63, 3.8) is 0 Å². The second kappa shape index (κ2) is 7.71. The van der Waals surface area contributed by atoms with Crippen LogP contribution in [0.4, 0.5) is 0 Å².